The molecule has 0 saturated heterocycles. The van der Waals surface area contributed by atoms with Crippen LogP contribution in [-0.4, -0.2) is 26.8 Å². The van der Waals surface area contributed by atoms with Gasteiger partial charge in [-0.1, -0.05) is 139 Å². The summed E-state index contributed by atoms with van der Waals surface area (Å²) in [4.78, 5) is 5.09. The first-order valence-electron chi connectivity index (χ1n) is 20.4. The van der Waals surface area contributed by atoms with E-state index in [0.29, 0.717) is 0 Å². The van der Waals surface area contributed by atoms with Crippen LogP contribution in [0.5, 0.6) is 0 Å². The third-order valence-electron chi connectivity index (χ3n) is 12.0. The maximum atomic E-state index is 5.09. The minimum Gasteiger partial charge on any atom is -0.319 e. The fraction of sp³-hybridized carbons (Fsp3) is 0.0182. The van der Waals surface area contributed by atoms with E-state index in [2.05, 4.69) is 245 Å². The van der Waals surface area contributed by atoms with Crippen molar-refractivity contribution in [2.24, 2.45) is 7.05 Å². The Bertz CT molecular complexity index is 3300. The number of hydrogen-bond donors (Lipinski definition) is 0. The van der Waals surface area contributed by atoms with Gasteiger partial charge in [-0.05, 0) is 68.3 Å². The van der Waals surface area contributed by atoms with Crippen LogP contribution in [0.4, 0.5) is 0 Å². The number of nitrogens with zero attached hydrogens (tertiary/aromatic N) is 4. The zero-order valence-corrected chi connectivity index (χ0v) is 36.7. The zero-order chi connectivity index (χ0) is 40.0. The molecule has 0 aliphatic rings. The number of aryl methyl sites for hydroxylation is 1. The fourth-order valence-electron chi connectivity index (χ4n) is 9.24. The molecule has 3 heterocycles. The quantitative estimate of drug-likeness (QED) is 0.0847. The Morgan fingerprint density at radius 3 is 1.80 bits per heavy atom. The number of rotatable bonds is 8. The molecule has 3 aromatic heterocycles. The molecule has 294 valence electrons. The van der Waals surface area contributed by atoms with Gasteiger partial charge in [0, 0.05) is 57.6 Å². The Labute approximate surface area is 370 Å². The monoisotopic (exact) mass is 978 g/mol. The van der Waals surface area contributed by atoms with Gasteiger partial charge < -0.3 is 4.57 Å². The average molecular weight is 979 g/mol. The molecule has 0 amide bonds. The van der Waals surface area contributed by atoms with Crippen LogP contribution in [0.3, 0.4) is 0 Å². The van der Waals surface area contributed by atoms with Gasteiger partial charge in [0.2, 0.25) is 0 Å². The molecule has 8 aromatic carbocycles. The molecule has 11 aromatic rings. The summed E-state index contributed by atoms with van der Waals surface area (Å²) in [6.45, 7) is 0. The van der Waals surface area contributed by atoms with E-state index in [-0.39, 0.29) is 21.1 Å². The SMILES string of the molecule is Cn1[cH+]n(-c2[c-]c([Si](c3[c-]c4c(cc3)c3ccccc3n4-c3cc(-c4ccccc4-c4ccccc4)ccn3)(c3ccccc3)c3ccccc3)ccc2)c2ccccc21.[Pt]. The van der Waals surface area contributed by atoms with Crippen molar-refractivity contribution < 1.29 is 21.1 Å². The van der Waals surface area contributed by atoms with Crippen LogP contribution in [-0.2, 0) is 28.1 Å². The number of fused-ring (bicyclic) bond motifs is 4. The normalized spacial score (nSPS) is 11.6. The van der Waals surface area contributed by atoms with Gasteiger partial charge in [-0.2, -0.15) is 35.5 Å². The summed E-state index contributed by atoms with van der Waals surface area (Å²) in [6.07, 6.45) is 4.10. The fourth-order valence-corrected chi connectivity index (χ4v) is 13.8. The van der Waals surface area contributed by atoms with Crippen molar-refractivity contribution in [2.75, 3.05) is 0 Å². The Hall–Kier alpha value is -6.91. The number of aromatic nitrogens is 4. The van der Waals surface area contributed by atoms with Gasteiger partial charge >= 0.3 is 0 Å². The van der Waals surface area contributed by atoms with Crippen LogP contribution in [0.25, 0.3) is 66.6 Å². The summed E-state index contributed by atoms with van der Waals surface area (Å²) in [5.74, 6) is 0.850. The predicted molar refractivity (Wildman–Crippen MR) is 251 cm³/mol. The smallest absolute Gasteiger partial charge is 0.188 e. The van der Waals surface area contributed by atoms with E-state index in [9.17, 15) is 0 Å². The van der Waals surface area contributed by atoms with Gasteiger partial charge in [0.25, 0.3) is 0 Å². The first-order chi connectivity index (χ1) is 29.7. The second-order valence-corrected chi connectivity index (χ2v) is 19.1. The van der Waals surface area contributed by atoms with E-state index < -0.39 is 8.07 Å². The Kier molecular flexibility index (Phi) is 10.0. The maximum Gasteiger partial charge on any atom is 0.188 e. The maximum absolute atomic E-state index is 5.09. The van der Waals surface area contributed by atoms with Crippen LogP contribution in [0.2, 0.25) is 0 Å². The van der Waals surface area contributed by atoms with Crippen molar-refractivity contribution in [1.82, 2.24) is 18.7 Å². The van der Waals surface area contributed by atoms with E-state index in [1.54, 1.807) is 0 Å². The van der Waals surface area contributed by atoms with Crippen molar-refractivity contribution in [3.05, 3.63) is 231 Å². The molecule has 0 N–H and O–H groups in total. The van der Waals surface area contributed by atoms with Crippen LogP contribution >= 0.6 is 0 Å². The Morgan fingerprint density at radius 2 is 1.08 bits per heavy atom. The summed E-state index contributed by atoms with van der Waals surface area (Å²) in [5, 5.41) is 7.15. The number of para-hydroxylation sites is 3. The van der Waals surface area contributed by atoms with Crippen LogP contribution < -0.4 is 20.7 Å². The molecule has 0 fully saturated rings. The molecule has 0 spiro atoms. The molecule has 11 rings (SSSR count). The summed E-state index contributed by atoms with van der Waals surface area (Å²) in [6, 6.07) is 82.4. The second-order valence-electron chi connectivity index (χ2n) is 15.3. The molecule has 0 aliphatic carbocycles. The van der Waals surface area contributed by atoms with Crippen molar-refractivity contribution in [1.29, 1.82) is 0 Å². The van der Waals surface area contributed by atoms with Gasteiger partial charge in [-0.3, -0.25) is 0 Å². The van der Waals surface area contributed by atoms with Crippen LogP contribution in [0, 0.1) is 12.1 Å². The van der Waals surface area contributed by atoms with Crippen molar-refractivity contribution >= 4 is 61.7 Å². The van der Waals surface area contributed by atoms with Gasteiger partial charge in [-0.15, -0.1) is 22.7 Å². The Morgan fingerprint density at radius 1 is 0.492 bits per heavy atom. The molecular formula is C55H39N4PtSi-. The summed E-state index contributed by atoms with van der Waals surface area (Å²) < 4.78 is 6.75. The third kappa shape index (κ3) is 6.40. The van der Waals surface area contributed by atoms with E-state index in [0.717, 1.165) is 54.9 Å². The van der Waals surface area contributed by atoms with E-state index >= 15 is 0 Å². The van der Waals surface area contributed by atoms with Crippen molar-refractivity contribution in [3.63, 3.8) is 0 Å². The van der Waals surface area contributed by atoms with Gasteiger partial charge in [0.15, 0.2) is 17.4 Å². The molecule has 0 atom stereocenters. The number of imidazole rings is 1. The molecule has 0 radical (unpaired) electrons. The summed E-state index contributed by atoms with van der Waals surface area (Å²) in [7, 11) is -0.986. The topological polar surface area (TPSA) is 27.7 Å². The third-order valence-corrected chi connectivity index (χ3v) is 16.5. The first kappa shape index (κ1) is 38.3. The van der Waals surface area contributed by atoms with Gasteiger partial charge in [0.05, 0.1) is 0 Å². The first-order valence-corrected chi connectivity index (χ1v) is 22.4. The van der Waals surface area contributed by atoms with E-state index in [1.165, 1.54) is 32.4 Å². The minimum atomic E-state index is -3.09. The molecule has 0 aliphatic heterocycles. The standard InChI is InChI=1S/C55H39N4Si.Pt/c1-57-39-58(53-31-16-15-30-52(53)57)42-20-17-25-45(37-42)60(43-21-7-3-8-22-43,44-23-9-4-10-24-44)46-32-33-50-49-28-13-14-29-51(49)59(54(50)38-46)55-36-41(34-35-56-55)48-27-12-11-26-47(48)40-18-5-2-6-19-40;/h2-36,39H,1H3;/q-1;. The summed E-state index contributed by atoms with van der Waals surface area (Å²) >= 11 is 0. The number of benzene rings is 8. The Balaban J connectivity index is 0.00000445. The van der Waals surface area contributed by atoms with Gasteiger partial charge in [-0.25, -0.2) is 14.1 Å². The minimum absolute atomic E-state index is 0. The summed E-state index contributed by atoms with van der Waals surface area (Å²) in [5.41, 5.74) is 10.0. The van der Waals surface area contributed by atoms with Crippen molar-refractivity contribution in [2.45, 2.75) is 0 Å². The molecule has 0 unspecified atom stereocenters. The number of pyridine rings is 1. The largest absolute Gasteiger partial charge is 0.319 e. The second kappa shape index (κ2) is 15.9. The van der Waals surface area contributed by atoms with Crippen LogP contribution in [0.15, 0.2) is 219 Å². The molecule has 0 bridgehead atoms. The zero-order valence-electron chi connectivity index (χ0n) is 33.4. The molecule has 0 saturated carbocycles. The predicted octanol–water partition coefficient (Wildman–Crippen LogP) is 10.1. The average Bonchev–Trinajstić information content (AvgIpc) is 3.84. The molecular weight excluding hydrogens is 940 g/mol. The molecule has 6 heteroatoms. The number of hydrogen-bond acceptors (Lipinski definition) is 1. The van der Waals surface area contributed by atoms with E-state index in [1.807, 2.05) is 6.20 Å². The van der Waals surface area contributed by atoms with E-state index in [4.69, 9.17) is 4.98 Å². The molecule has 4 nitrogen and oxygen atoms in total. The molecule has 61 heavy (non-hydrogen) atoms. The van der Waals surface area contributed by atoms with Crippen molar-refractivity contribution in [3.8, 4) is 33.8 Å². The van der Waals surface area contributed by atoms with Crippen LogP contribution in [0.1, 0.15) is 0 Å². The van der Waals surface area contributed by atoms with Gasteiger partial charge in [0.1, 0.15) is 13.9 Å².